The van der Waals surface area contributed by atoms with E-state index in [0.29, 0.717) is 31.6 Å². The number of hydrogen-bond acceptors (Lipinski definition) is 6. The summed E-state index contributed by atoms with van der Waals surface area (Å²) in [6.45, 7) is 0.935. The van der Waals surface area contributed by atoms with Crippen molar-refractivity contribution < 1.29 is 24.2 Å². The Morgan fingerprint density at radius 3 is 2.37 bits per heavy atom. The third-order valence-electron chi connectivity index (χ3n) is 6.50. The highest BCUT2D eigenvalue weighted by Gasteiger charge is 2.43. The highest BCUT2D eigenvalue weighted by molar-refractivity contribution is 7.09. The monoisotopic (exact) mass is 491 g/mol. The normalized spacial score (nSPS) is 17.8. The van der Waals surface area contributed by atoms with Crippen LogP contribution in [0.25, 0.3) is 11.1 Å². The van der Waals surface area contributed by atoms with Gasteiger partial charge in [0.1, 0.15) is 12.3 Å². The average molecular weight is 492 g/mol. The van der Waals surface area contributed by atoms with Crippen LogP contribution in [0.3, 0.4) is 0 Å². The molecule has 9 heteroatoms. The minimum atomic E-state index is -0.816. The highest BCUT2D eigenvalue weighted by Crippen LogP contribution is 2.44. The Labute approximate surface area is 206 Å². The van der Waals surface area contributed by atoms with Crippen LogP contribution < -0.4 is 10.6 Å². The fourth-order valence-electron chi connectivity index (χ4n) is 4.54. The quantitative estimate of drug-likeness (QED) is 0.420. The van der Waals surface area contributed by atoms with Crippen molar-refractivity contribution in [2.24, 2.45) is 11.8 Å². The van der Waals surface area contributed by atoms with Crippen molar-refractivity contribution >= 4 is 29.3 Å². The van der Waals surface area contributed by atoms with Gasteiger partial charge in [0, 0.05) is 30.8 Å². The minimum Gasteiger partial charge on any atom is -0.481 e. The molecule has 1 fully saturated rings. The number of benzene rings is 2. The van der Waals surface area contributed by atoms with Crippen LogP contribution in [0.4, 0.5) is 4.79 Å². The second-order valence-electron chi connectivity index (χ2n) is 8.78. The van der Waals surface area contributed by atoms with Gasteiger partial charge in [0.05, 0.1) is 10.9 Å². The number of nitrogens with zero attached hydrogens (tertiary/aromatic N) is 1. The lowest BCUT2D eigenvalue weighted by atomic mass is 9.98. The van der Waals surface area contributed by atoms with Crippen molar-refractivity contribution in [2.75, 3.05) is 19.7 Å². The standard InChI is InChI=1S/C26H25N3O5S/c30-24(28-12-15-11-20(15)25(31)32)22-14-35-23(29-22)9-10-27-26(33)34-13-21-18-7-3-1-5-16(18)17-6-2-4-8-19(17)21/h1-8,14-15,20-21H,9-13H2,(H,27,33)(H,28,30)(H,31,32)/t15-,20-/m1/s1. The Kier molecular flexibility index (Phi) is 6.50. The Morgan fingerprint density at radius 2 is 1.71 bits per heavy atom. The molecule has 2 aromatic carbocycles. The number of alkyl carbamates (subject to hydrolysis) is 1. The number of carbonyl (C=O) groups excluding carboxylic acids is 2. The van der Waals surface area contributed by atoms with Gasteiger partial charge in [0.2, 0.25) is 0 Å². The number of nitrogens with one attached hydrogen (secondary N) is 2. The maximum Gasteiger partial charge on any atom is 0.407 e. The molecule has 8 nitrogen and oxygen atoms in total. The number of aliphatic carboxylic acids is 1. The first-order valence-corrected chi connectivity index (χ1v) is 12.4. The van der Waals surface area contributed by atoms with Crippen molar-refractivity contribution in [1.82, 2.24) is 15.6 Å². The van der Waals surface area contributed by atoms with Crippen molar-refractivity contribution in [3.05, 3.63) is 75.7 Å². The van der Waals surface area contributed by atoms with Gasteiger partial charge in [-0.25, -0.2) is 9.78 Å². The van der Waals surface area contributed by atoms with Crippen LogP contribution in [0.15, 0.2) is 53.9 Å². The molecule has 2 aliphatic rings. The van der Waals surface area contributed by atoms with Gasteiger partial charge in [-0.1, -0.05) is 48.5 Å². The number of hydrogen-bond donors (Lipinski definition) is 3. The molecule has 0 spiro atoms. The second-order valence-corrected chi connectivity index (χ2v) is 9.72. The molecular formula is C26H25N3O5S. The van der Waals surface area contributed by atoms with Gasteiger partial charge < -0.3 is 20.5 Å². The third kappa shape index (κ3) is 5.05. The smallest absolute Gasteiger partial charge is 0.407 e. The summed E-state index contributed by atoms with van der Waals surface area (Å²) in [7, 11) is 0. The maximum atomic E-state index is 12.3. The lowest BCUT2D eigenvalue weighted by molar-refractivity contribution is -0.138. The van der Waals surface area contributed by atoms with E-state index < -0.39 is 12.1 Å². The molecule has 1 saturated carbocycles. The van der Waals surface area contributed by atoms with E-state index in [-0.39, 0.29) is 30.3 Å². The van der Waals surface area contributed by atoms with Gasteiger partial charge >= 0.3 is 12.1 Å². The summed E-state index contributed by atoms with van der Waals surface area (Å²) >= 11 is 1.35. The van der Waals surface area contributed by atoms with Crippen LogP contribution in [-0.4, -0.2) is 47.8 Å². The topological polar surface area (TPSA) is 118 Å². The van der Waals surface area contributed by atoms with E-state index in [1.165, 1.54) is 22.5 Å². The van der Waals surface area contributed by atoms with E-state index in [1.54, 1.807) is 5.38 Å². The van der Waals surface area contributed by atoms with E-state index >= 15 is 0 Å². The van der Waals surface area contributed by atoms with Crippen LogP contribution in [0.5, 0.6) is 0 Å². The van der Waals surface area contributed by atoms with E-state index in [1.807, 2.05) is 24.3 Å². The van der Waals surface area contributed by atoms with E-state index in [4.69, 9.17) is 9.84 Å². The van der Waals surface area contributed by atoms with Crippen molar-refractivity contribution in [3.8, 4) is 11.1 Å². The summed E-state index contributed by atoms with van der Waals surface area (Å²) in [5, 5.41) is 16.8. The lowest BCUT2D eigenvalue weighted by Crippen LogP contribution is -2.28. The summed E-state index contributed by atoms with van der Waals surface area (Å²) < 4.78 is 5.53. The molecule has 0 unspecified atom stereocenters. The summed E-state index contributed by atoms with van der Waals surface area (Å²) in [5.41, 5.74) is 4.99. The average Bonchev–Trinajstić information content (AvgIpc) is 3.38. The predicted molar refractivity (Wildman–Crippen MR) is 130 cm³/mol. The first-order chi connectivity index (χ1) is 17.0. The summed E-state index contributed by atoms with van der Waals surface area (Å²) in [6, 6.07) is 16.4. The minimum absolute atomic E-state index is 0.00374. The largest absolute Gasteiger partial charge is 0.481 e. The van der Waals surface area contributed by atoms with Crippen LogP contribution in [0, 0.1) is 11.8 Å². The molecule has 0 radical (unpaired) electrons. The molecule has 2 atom stereocenters. The maximum absolute atomic E-state index is 12.3. The SMILES string of the molecule is O=C(NCCc1nc(C(=O)NC[C@H]2C[C@H]2C(=O)O)cs1)OCC1c2ccccc2-c2ccccc21. The number of aromatic nitrogens is 1. The predicted octanol–water partition coefficient (Wildman–Crippen LogP) is 3.67. The Balaban J connectivity index is 1.06. The van der Waals surface area contributed by atoms with Crippen molar-refractivity contribution in [3.63, 3.8) is 0 Å². The molecule has 2 aliphatic carbocycles. The van der Waals surface area contributed by atoms with Gasteiger partial charge in [-0.2, -0.15) is 0 Å². The molecule has 3 aromatic rings. The number of thiazole rings is 1. The molecular weight excluding hydrogens is 466 g/mol. The second kappa shape index (κ2) is 9.87. The zero-order valence-corrected chi connectivity index (χ0v) is 19.7. The highest BCUT2D eigenvalue weighted by atomic mass is 32.1. The number of amides is 2. The van der Waals surface area contributed by atoms with Crippen molar-refractivity contribution in [2.45, 2.75) is 18.8 Å². The van der Waals surface area contributed by atoms with Gasteiger partial charge in [-0.05, 0) is 34.6 Å². The molecule has 35 heavy (non-hydrogen) atoms. The molecule has 3 N–H and O–H groups in total. The first kappa shape index (κ1) is 23.0. The van der Waals surface area contributed by atoms with E-state index in [0.717, 1.165) is 16.1 Å². The number of rotatable bonds is 9. The van der Waals surface area contributed by atoms with Gasteiger partial charge in [0.25, 0.3) is 5.91 Å². The molecule has 2 amide bonds. The Bertz CT molecular complexity index is 1230. The number of ether oxygens (including phenoxy) is 1. The zero-order valence-electron chi connectivity index (χ0n) is 18.9. The molecule has 0 saturated heterocycles. The molecule has 1 heterocycles. The van der Waals surface area contributed by atoms with E-state index in [9.17, 15) is 14.4 Å². The Morgan fingerprint density at radius 1 is 1.03 bits per heavy atom. The van der Waals surface area contributed by atoms with Gasteiger partial charge in [-0.3, -0.25) is 9.59 Å². The van der Waals surface area contributed by atoms with E-state index in [2.05, 4.69) is 39.9 Å². The first-order valence-electron chi connectivity index (χ1n) is 11.6. The number of carboxylic acid groups (broad SMARTS) is 1. The molecule has 0 bridgehead atoms. The lowest BCUT2D eigenvalue weighted by Gasteiger charge is -2.14. The molecule has 5 rings (SSSR count). The third-order valence-corrected chi connectivity index (χ3v) is 7.41. The fourth-order valence-corrected chi connectivity index (χ4v) is 5.32. The molecule has 180 valence electrons. The fraction of sp³-hybridized carbons (Fsp3) is 0.308. The molecule has 0 aliphatic heterocycles. The van der Waals surface area contributed by atoms with Gasteiger partial charge in [-0.15, -0.1) is 11.3 Å². The van der Waals surface area contributed by atoms with Crippen LogP contribution in [-0.2, 0) is 16.0 Å². The number of fused-ring (bicyclic) bond motifs is 3. The van der Waals surface area contributed by atoms with Crippen LogP contribution in [0.1, 0.15) is 39.0 Å². The number of carboxylic acids is 1. The molecule has 1 aromatic heterocycles. The summed E-state index contributed by atoms with van der Waals surface area (Å²) in [4.78, 5) is 39.7. The van der Waals surface area contributed by atoms with Gasteiger partial charge in [0.15, 0.2) is 0 Å². The summed E-state index contributed by atoms with van der Waals surface area (Å²) in [6.07, 6.45) is 0.588. The summed E-state index contributed by atoms with van der Waals surface area (Å²) in [5.74, 6) is -1.48. The zero-order chi connectivity index (χ0) is 24.4. The number of carbonyl (C=O) groups is 3. The van der Waals surface area contributed by atoms with Crippen molar-refractivity contribution in [1.29, 1.82) is 0 Å². The van der Waals surface area contributed by atoms with Crippen LogP contribution >= 0.6 is 11.3 Å². The van der Waals surface area contributed by atoms with Crippen LogP contribution in [0.2, 0.25) is 0 Å². The Hall–Kier alpha value is -3.72.